The second-order valence-corrected chi connectivity index (χ2v) is 5.54. The summed E-state index contributed by atoms with van der Waals surface area (Å²) in [6.07, 6.45) is 3.54. The van der Waals surface area contributed by atoms with Crippen LogP contribution in [0.2, 0.25) is 0 Å². The Labute approximate surface area is 121 Å². The number of amides is 1. The van der Waals surface area contributed by atoms with Gasteiger partial charge in [0.15, 0.2) is 5.69 Å². The summed E-state index contributed by atoms with van der Waals surface area (Å²) in [6.45, 7) is 5.32. The van der Waals surface area contributed by atoms with Gasteiger partial charge in [-0.2, -0.15) is 0 Å². The van der Waals surface area contributed by atoms with Crippen molar-refractivity contribution in [1.82, 2.24) is 14.5 Å². The Kier molecular flexibility index (Phi) is 4.09. The number of aromatic nitrogens is 2. The summed E-state index contributed by atoms with van der Waals surface area (Å²) in [5.41, 5.74) is 0.422. The molecule has 2 aliphatic rings. The Hall–Kier alpha value is -1.31. The van der Waals surface area contributed by atoms with Crippen LogP contribution in [-0.2, 0) is 9.47 Å². The molecule has 6 nitrogen and oxygen atoms in total. The zero-order valence-electron chi connectivity index (χ0n) is 11.1. The fourth-order valence-electron chi connectivity index (χ4n) is 2.94. The van der Waals surface area contributed by atoms with Crippen LogP contribution < -0.4 is 0 Å². The van der Waals surface area contributed by atoms with Gasteiger partial charge < -0.3 is 14.4 Å². The number of hydrogen-bond acceptors (Lipinski definition) is 6. The maximum absolute atomic E-state index is 12.4. The normalized spacial score (nSPS) is 29.2. The van der Waals surface area contributed by atoms with Crippen LogP contribution in [-0.4, -0.2) is 58.4 Å². The summed E-state index contributed by atoms with van der Waals surface area (Å²) < 4.78 is 15.3. The number of nitrogens with zero attached hydrogens (tertiary/aromatic N) is 3. The number of fused-ring (bicyclic) bond motifs is 1. The van der Waals surface area contributed by atoms with E-state index in [0.717, 1.165) is 12.8 Å². The molecule has 3 atom stereocenters. The Morgan fingerprint density at radius 2 is 2.55 bits per heavy atom. The highest BCUT2D eigenvalue weighted by Crippen LogP contribution is 2.32. The molecule has 1 aromatic rings. The largest absolute Gasteiger partial charge is 0.372 e. The minimum atomic E-state index is -0.0542. The summed E-state index contributed by atoms with van der Waals surface area (Å²) in [6, 6.07) is 0.0766. The van der Waals surface area contributed by atoms with Crippen LogP contribution in [0.4, 0.5) is 0 Å². The van der Waals surface area contributed by atoms with E-state index in [9.17, 15) is 4.79 Å². The maximum Gasteiger partial charge on any atom is 0.275 e. The zero-order valence-corrected chi connectivity index (χ0v) is 11.9. The monoisotopic (exact) mass is 295 g/mol. The van der Waals surface area contributed by atoms with Gasteiger partial charge >= 0.3 is 0 Å². The number of hydrogen-bond donors (Lipinski definition) is 0. The number of ether oxygens (including phenoxy) is 2. The fourth-order valence-corrected chi connectivity index (χ4v) is 3.37. The fraction of sp³-hybridized carbons (Fsp3) is 0.615. The average molecular weight is 295 g/mol. The molecule has 2 heterocycles. The van der Waals surface area contributed by atoms with Crippen molar-refractivity contribution < 1.29 is 14.3 Å². The number of rotatable bonds is 4. The first-order valence-electron chi connectivity index (χ1n) is 6.73. The van der Waals surface area contributed by atoms with Crippen molar-refractivity contribution in [1.29, 1.82) is 0 Å². The summed E-state index contributed by atoms with van der Waals surface area (Å²) in [5.74, 6) is -0.0542. The van der Waals surface area contributed by atoms with E-state index in [2.05, 4.69) is 16.2 Å². The maximum atomic E-state index is 12.4. The Bertz CT molecular complexity index is 479. The van der Waals surface area contributed by atoms with E-state index in [1.165, 1.54) is 11.5 Å². The van der Waals surface area contributed by atoms with Gasteiger partial charge in [-0.1, -0.05) is 10.6 Å². The Morgan fingerprint density at radius 3 is 3.30 bits per heavy atom. The highest BCUT2D eigenvalue weighted by molar-refractivity contribution is 7.03. The van der Waals surface area contributed by atoms with Gasteiger partial charge in [0, 0.05) is 11.9 Å². The topological polar surface area (TPSA) is 64.6 Å². The summed E-state index contributed by atoms with van der Waals surface area (Å²) in [4.78, 5) is 14.3. The lowest BCUT2D eigenvalue weighted by Gasteiger charge is -2.38. The van der Waals surface area contributed by atoms with Gasteiger partial charge in [0.2, 0.25) is 0 Å². The van der Waals surface area contributed by atoms with Gasteiger partial charge in [-0.05, 0) is 24.4 Å². The zero-order chi connectivity index (χ0) is 13.9. The molecule has 2 fully saturated rings. The molecule has 0 spiro atoms. The van der Waals surface area contributed by atoms with Crippen LogP contribution in [0, 0.1) is 0 Å². The molecule has 1 aromatic heterocycles. The molecule has 0 radical (unpaired) electrons. The third-order valence-corrected chi connectivity index (χ3v) is 4.31. The first kappa shape index (κ1) is 13.7. The molecule has 1 saturated heterocycles. The molecule has 20 heavy (non-hydrogen) atoms. The van der Waals surface area contributed by atoms with Gasteiger partial charge in [0.25, 0.3) is 5.91 Å². The van der Waals surface area contributed by atoms with E-state index >= 15 is 0 Å². The predicted octanol–water partition coefficient (Wildman–Crippen LogP) is 1.11. The average Bonchev–Trinajstić information content (AvgIpc) is 3.13. The third-order valence-electron chi connectivity index (χ3n) is 3.80. The molecule has 0 unspecified atom stereocenters. The quantitative estimate of drug-likeness (QED) is 0.779. The molecular formula is C13H17N3O3S. The molecule has 3 rings (SSSR count). The second-order valence-electron chi connectivity index (χ2n) is 4.93. The highest BCUT2D eigenvalue weighted by Gasteiger charge is 2.45. The summed E-state index contributed by atoms with van der Waals surface area (Å²) >= 11 is 1.19. The van der Waals surface area contributed by atoms with Crippen LogP contribution >= 0.6 is 11.5 Å². The molecular weight excluding hydrogens is 278 g/mol. The molecule has 1 amide bonds. The van der Waals surface area contributed by atoms with Crippen LogP contribution in [0.3, 0.4) is 0 Å². The highest BCUT2D eigenvalue weighted by atomic mass is 32.1. The molecule has 1 aliphatic heterocycles. The van der Waals surface area contributed by atoms with Gasteiger partial charge in [0.05, 0.1) is 25.4 Å². The van der Waals surface area contributed by atoms with Crippen molar-refractivity contribution >= 4 is 17.4 Å². The first-order chi connectivity index (χ1) is 9.81. The van der Waals surface area contributed by atoms with Crippen molar-refractivity contribution in [2.24, 2.45) is 0 Å². The van der Waals surface area contributed by atoms with Gasteiger partial charge in [-0.15, -0.1) is 11.7 Å². The van der Waals surface area contributed by atoms with E-state index in [1.54, 1.807) is 11.5 Å². The summed E-state index contributed by atoms with van der Waals surface area (Å²) in [7, 11) is 0. The molecule has 0 N–H and O–H groups in total. The smallest absolute Gasteiger partial charge is 0.275 e. The SMILES string of the molecule is C=CCO[C@@H]1CC[C@H]2[C@H]1OCCN2C(=O)c1csnn1. The second kappa shape index (κ2) is 5.99. The van der Waals surface area contributed by atoms with Crippen molar-refractivity contribution in [2.75, 3.05) is 19.8 Å². The molecule has 1 aliphatic carbocycles. The van der Waals surface area contributed by atoms with E-state index in [-0.39, 0.29) is 24.2 Å². The lowest BCUT2D eigenvalue weighted by Crippen LogP contribution is -2.54. The van der Waals surface area contributed by atoms with Crippen molar-refractivity contribution in [3.8, 4) is 0 Å². The van der Waals surface area contributed by atoms with Crippen LogP contribution in [0.1, 0.15) is 23.3 Å². The number of carbonyl (C=O) groups is 1. The lowest BCUT2D eigenvalue weighted by atomic mass is 10.1. The third kappa shape index (κ3) is 2.48. The molecule has 1 saturated carbocycles. The van der Waals surface area contributed by atoms with Crippen molar-refractivity contribution in [3.63, 3.8) is 0 Å². The van der Waals surface area contributed by atoms with E-state index < -0.39 is 0 Å². The minimum Gasteiger partial charge on any atom is -0.372 e. The van der Waals surface area contributed by atoms with Gasteiger partial charge in [0.1, 0.15) is 6.10 Å². The van der Waals surface area contributed by atoms with Crippen LogP contribution in [0.5, 0.6) is 0 Å². The lowest BCUT2D eigenvalue weighted by molar-refractivity contribution is -0.100. The Morgan fingerprint density at radius 1 is 1.65 bits per heavy atom. The Balaban J connectivity index is 1.71. The molecule has 108 valence electrons. The van der Waals surface area contributed by atoms with Crippen LogP contribution in [0.15, 0.2) is 18.0 Å². The predicted molar refractivity (Wildman–Crippen MR) is 73.6 cm³/mol. The molecule has 0 bridgehead atoms. The van der Waals surface area contributed by atoms with Gasteiger partial charge in [-0.3, -0.25) is 4.79 Å². The van der Waals surface area contributed by atoms with Crippen molar-refractivity contribution in [2.45, 2.75) is 31.1 Å². The molecule has 0 aromatic carbocycles. The minimum absolute atomic E-state index is 0.0424. The number of morpholine rings is 1. The first-order valence-corrected chi connectivity index (χ1v) is 7.57. The van der Waals surface area contributed by atoms with Gasteiger partial charge in [-0.25, -0.2) is 0 Å². The van der Waals surface area contributed by atoms with E-state index in [1.807, 2.05) is 4.90 Å². The van der Waals surface area contributed by atoms with E-state index in [0.29, 0.717) is 25.5 Å². The standard InChI is InChI=1S/C13H17N3O3S/c1-2-6-18-11-4-3-10-12(11)19-7-5-16(10)13(17)9-8-20-15-14-9/h2,8,10-12H,1,3-7H2/t10-,11+,12+/m0/s1. The summed E-state index contributed by atoms with van der Waals surface area (Å²) in [5, 5.41) is 5.55. The molecule has 7 heteroatoms. The number of carbonyl (C=O) groups excluding carboxylic acids is 1. The van der Waals surface area contributed by atoms with Crippen molar-refractivity contribution in [3.05, 3.63) is 23.7 Å². The van der Waals surface area contributed by atoms with Crippen LogP contribution in [0.25, 0.3) is 0 Å². The van der Waals surface area contributed by atoms with E-state index in [4.69, 9.17) is 9.47 Å².